The highest BCUT2D eigenvalue weighted by atomic mass is 32.2. The molecule has 0 aliphatic carbocycles. The van der Waals surface area contributed by atoms with Gasteiger partial charge < -0.3 is 20.8 Å². The number of thioether (sulfide) groups is 2. The van der Waals surface area contributed by atoms with Gasteiger partial charge in [0.25, 0.3) is 0 Å². The van der Waals surface area contributed by atoms with E-state index in [4.69, 9.17) is 0 Å². The summed E-state index contributed by atoms with van der Waals surface area (Å²) < 4.78 is 0. The fourth-order valence-electron chi connectivity index (χ4n) is 8.41. The topological polar surface area (TPSA) is 64.5 Å². The van der Waals surface area contributed by atoms with Gasteiger partial charge in [0.05, 0.1) is 0 Å². The van der Waals surface area contributed by atoms with Crippen molar-refractivity contribution in [2.24, 2.45) is 0 Å². The molecule has 2 atom stereocenters. The van der Waals surface area contributed by atoms with Crippen LogP contribution in [-0.2, 0) is 12.8 Å². The Morgan fingerprint density at radius 3 is 1.12 bits per heavy atom. The number of nitrogens with one attached hydrogen (secondary N) is 2. The highest BCUT2D eigenvalue weighted by Gasteiger charge is 2.27. The summed E-state index contributed by atoms with van der Waals surface area (Å²) in [5.41, 5.74) is 9.06. The summed E-state index contributed by atoms with van der Waals surface area (Å²) in [4.78, 5) is 2.52. The van der Waals surface area contributed by atoms with Crippen LogP contribution in [0.4, 0.5) is 11.4 Å². The van der Waals surface area contributed by atoms with E-state index in [2.05, 4.69) is 111 Å². The molecule has 0 amide bonds. The van der Waals surface area contributed by atoms with Crippen molar-refractivity contribution in [1.82, 2.24) is 0 Å². The molecule has 4 aromatic carbocycles. The van der Waals surface area contributed by atoms with Gasteiger partial charge in [0.15, 0.2) is 0 Å². The Balaban J connectivity index is 0.000000221. The van der Waals surface area contributed by atoms with Gasteiger partial charge >= 0.3 is 0 Å². The number of unbranched alkanes of at least 4 members (excludes halogenated alkanes) is 18. The van der Waals surface area contributed by atoms with Gasteiger partial charge in [0, 0.05) is 32.3 Å². The molecular formula is C52H74N2O2S2. The lowest BCUT2D eigenvalue weighted by Crippen LogP contribution is -2.04. The first-order valence-corrected chi connectivity index (χ1v) is 24.8. The molecule has 2 heterocycles. The van der Waals surface area contributed by atoms with E-state index < -0.39 is 0 Å². The number of aromatic hydroxyl groups is 2. The van der Waals surface area contributed by atoms with Crippen LogP contribution in [0.25, 0.3) is 0 Å². The molecule has 6 heteroatoms. The zero-order valence-corrected chi connectivity index (χ0v) is 38.0. The number of rotatable bonds is 24. The smallest absolute Gasteiger partial charge is 0.124 e. The summed E-state index contributed by atoms with van der Waals surface area (Å²) in [6.07, 6.45) is 28.8. The largest absolute Gasteiger partial charge is 0.507 e. The van der Waals surface area contributed by atoms with E-state index in [1.54, 1.807) is 23.5 Å². The lowest BCUT2D eigenvalue weighted by Gasteiger charge is -2.17. The number of hydrogen-bond acceptors (Lipinski definition) is 6. The fourth-order valence-corrected chi connectivity index (χ4v) is 10.7. The molecular weight excluding hydrogens is 749 g/mol. The second-order valence-electron chi connectivity index (χ2n) is 16.9. The van der Waals surface area contributed by atoms with Gasteiger partial charge in [-0.3, -0.25) is 0 Å². The standard InChI is InChI=1S/2C26H37NOS/c2*1-3-4-5-6-7-8-9-10-11-12-15-21-18-20(2)19-22(25(21)28)26-27-23-16-13-14-17-24(23)29-26/h2*13-14,16-19,26-28H,3-12,15H2,1-2H3. The number of para-hydroxylation sites is 2. The quantitative estimate of drug-likeness (QED) is 0.0528. The molecule has 4 nitrogen and oxygen atoms in total. The third-order valence-electron chi connectivity index (χ3n) is 11.7. The average Bonchev–Trinajstić information content (AvgIpc) is 3.87. The van der Waals surface area contributed by atoms with Crippen molar-refractivity contribution in [2.45, 2.75) is 189 Å². The van der Waals surface area contributed by atoms with Crippen molar-refractivity contribution in [3.05, 3.63) is 106 Å². The van der Waals surface area contributed by atoms with Crippen molar-refractivity contribution in [1.29, 1.82) is 0 Å². The second-order valence-corrected chi connectivity index (χ2v) is 19.2. The SMILES string of the molecule is CCCCCCCCCCCCc1cc(C)cc(C2Nc3ccccc3S2)c1O.CCCCCCCCCCCCc1cc(C)cc(C2Nc3ccccc3S2)c1O. The Morgan fingerprint density at radius 1 is 0.448 bits per heavy atom. The molecule has 6 rings (SSSR count). The van der Waals surface area contributed by atoms with E-state index in [0.717, 1.165) is 47.9 Å². The average molecular weight is 823 g/mol. The highest BCUT2D eigenvalue weighted by molar-refractivity contribution is 8.00. The van der Waals surface area contributed by atoms with Crippen molar-refractivity contribution in [3.8, 4) is 11.5 Å². The van der Waals surface area contributed by atoms with E-state index in [1.165, 1.54) is 148 Å². The monoisotopic (exact) mass is 823 g/mol. The van der Waals surface area contributed by atoms with E-state index in [0.29, 0.717) is 11.5 Å². The molecule has 0 fully saturated rings. The molecule has 0 spiro atoms. The number of anilines is 2. The van der Waals surface area contributed by atoms with Crippen LogP contribution < -0.4 is 10.6 Å². The van der Waals surface area contributed by atoms with Gasteiger partial charge in [-0.05, 0) is 87.1 Å². The molecule has 0 saturated heterocycles. The van der Waals surface area contributed by atoms with Crippen LogP contribution in [0.3, 0.4) is 0 Å². The van der Waals surface area contributed by atoms with Crippen LogP contribution in [0.5, 0.6) is 11.5 Å². The predicted molar refractivity (Wildman–Crippen MR) is 254 cm³/mol. The van der Waals surface area contributed by atoms with Gasteiger partial charge in [-0.1, -0.05) is 200 Å². The summed E-state index contributed by atoms with van der Waals surface area (Å²) in [7, 11) is 0. The van der Waals surface area contributed by atoms with Gasteiger partial charge in [-0.2, -0.15) is 0 Å². The van der Waals surface area contributed by atoms with Gasteiger partial charge in [-0.15, -0.1) is 0 Å². The summed E-state index contributed by atoms with van der Waals surface area (Å²) in [5, 5.41) is 29.2. The number of aryl methyl sites for hydroxylation is 4. The van der Waals surface area contributed by atoms with Crippen molar-refractivity contribution in [3.63, 3.8) is 0 Å². The second kappa shape index (κ2) is 25.4. The van der Waals surface area contributed by atoms with Crippen LogP contribution in [0.2, 0.25) is 0 Å². The van der Waals surface area contributed by atoms with Crippen molar-refractivity contribution in [2.75, 3.05) is 10.6 Å². The number of phenols is 2. The molecule has 0 aromatic heterocycles. The minimum absolute atomic E-state index is 0.0961. The van der Waals surface area contributed by atoms with E-state index >= 15 is 0 Å². The third-order valence-corrected chi connectivity index (χ3v) is 14.2. The fraction of sp³-hybridized carbons (Fsp3) is 0.538. The Kier molecular flexibility index (Phi) is 20.1. The minimum atomic E-state index is 0.0961. The minimum Gasteiger partial charge on any atom is -0.507 e. The first-order valence-electron chi connectivity index (χ1n) is 23.1. The van der Waals surface area contributed by atoms with E-state index in [1.807, 2.05) is 0 Å². The molecule has 4 N–H and O–H groups in total. The van der Waals surface area contributed by atoms with Gasteiger partial charge in [0.2, 0.25) is 0 Å². The van der Waals surface area contributed by atoms with Crippen LogP contribution >= 0.6 is 23.5 Å². The molecule has 2 aliphatic rings. The third kappa shape index (κ3) is 14.5. The lowest BCUT2D eigenvalue weighted by atomic mass is 9.98. The zero-order chi connectivity index (χ0) is 41.0. The van der Waals surface area contributed by atoms with Crippen LogP contribution in [0.1, 0.15) is 186 Å². The maximum absolute atomic E-state index is 10.9. The molecule has 58 heavy (non-hydrogen) atoms. The maximum Gasteiger partial charge on any atom is 0.124 e. The first kappa shape index (κ1) is 45.9. The predicted octanol–water partition coefficient (Wildman–Crippen LogP) is 16.8. The Bertz CT molecular complexity index is 1630. The first-order chi connectivity index (χ1) is 28.4. The lowest BCUT2D eigenvalue weighted by molar-refractivity contribution is 0.458. The number of fused-ring (bicyclic) bond motifs is 2. The van der Waals surface area contributed by atoms with Crippen LogP contribution in [0.15, 0.2) is 82.6 Å². The zero-order valence-electron chi connectivity index (χ0n) is 36.4. The van der Waals surface area contributed by atoms with Crippen LogP contribution in [-0.4, -0.2) is 10.2 Å². The molecule has 2 aliphatic heterocycles. The number of benzene rings is 4. The summed E-state index contributed by atoms with van der Waals surface area (Å²) in [6.45, 7) is 8.82. The summed E-state index contributed by atoms with van der Waals surface area (Å²) in [5.74, 6) is 0.980. The maximum atomic E-state index is 10.9. The normalized spacial score (nSPS) is 15.3. The molecule has 4 aromatic rings. The van der Waals surface area contributed by atoms with Crippen LogP contribution in [0, 0.1) is 13.8 Å². The van der Waals surface area contributed by atoms with E-state index in [-0.39, 0.29) is 10.7 Å². The Morgan fingerprint density at radius 2 is 0.776 bits per heavy atom. The number of hydrogen-bond donors (Lipinski definition) is 4. The van der Waals surface area contributed by atoms with E-state index in [9.17, 15) is 10.2 Å². The number of phenolic OH excluding ortho intramolecular Hbond substituents is 2. The molecule has 0 radical (unpaired) electrons. The molecule has 0 saturated carbocycles. The van der Waals surface area contributed by atoms with Crippen molar-refractivity contribution < 1.29 is 10.2 Å². The Hall–Kier alpha value is -3.22. The highest BCUT2D eigenvalue weighted by Crippen LogP contribution is 2.50. The molecule has 2 unspecified atom stereocenters. The summed E-state index contributed by atoms with van der Waals surface area (Å²) >= 11 is 3.59. The van der Waals surface area contributed by atoms with Gasteiger partial charge in [0.1, 0.15) is 22.2 Å². The Labute approximate surface area is 361 Å². The summed E-state index contributed by atoms with van der Waals surface area (Å²) in [6, 6.07) is 25.4. The van der Waals surface area contributed by atoms with Gasteiger partial charge in [-0.25, -0.2) is 0 Å². The molecule has 316 valence electrons. The molecule has 0 bridgehead atoms. The van der Waals surface area contributed by atoms with Crippen molar-refractivity contribution >= 4 is 34.9 Å².